The molecule has 2 N–H and O–H groups in total. The number of hydrogen-bond donors (Lipinski definition) is 2. The minimum atomic E-state index is -0.362. The van der Waals surface area contributed by atoms with Gasteiger partial charge < -0.3 is 10.4 Å². The van der Waals surface area contributed by atoms with Crippen LogP contribution in [-0.4, -0.2) is 11.0 Å². The highest BCUT2D eigenvalue weighted by molar-refractivity contribution is 9.10. The first kappa shape index (κ1) is 14.5. The Morgan fingerprint density at radius 2 is 1.95 bits per heavy atom. The maximum atomic E-state index is 13.3. The summed E-state index contributed by atoms with van der Waals surface area (Å²) >= 11 is 3.09. The highest BCUT2D eigenvalue weighted by Gasteiger charge is 2.09. The van der Waals surface area contributed by atoms with Gasteiger partial charge in [-0.15, -0.1) is 0 Å². The van der Waals surface area contributed by atoms with Crippen LogP contribution in [0, 0.1) is 12.7 Å². The van der Waals surface area contributed by atoms with Gasteiger partial charge in [0.05, 0.1) is 10.9 Å². The number of carbonyl (C=O) groups is 1. The fraction of sp³-hybridized carbons (Fsp3) is 0.133. The summed E-state index contributed by atoms with van der Waals surface area (Å²) in [4.78, 5) is 11.9. The van der Waals surface area contributed by atoms with E-state index in [1.165, 1.54) is 18.2 Å². The van der Waals surface area contributed by atoms with Crippen molar-refractivity contribution < 1.29 is 14.3 Å². The van der Waals surface area contributed by atoms with Gasteiger partial charge in [0.2, 0.25) is 5.91 Å². The van der Waals surface area contributed by atoms with Crippen LogP contribution in [0.5, 0.6) is 5.75 Å². The lowest BCUT2D eigenvalue weighted by Crippen LogP contribution is -2.15. The summed E-state index contributed by atoms with van der Waals surface area (Å²) in [6.07, 6.45) is 0.189. The van der Waals surface area contributed by atoms with E-state index >= 15 is 0 Å². The molecule has 0 heterocycles. The third-order valence-corrected chi connectivity index (χ3v) is 3.45. The van der Waals surface area contributed by atoms with Crippen LogP contribution in [0.25, 0.3) is 0 Å². The van der Waals surface area contributed by atoms with Crippen LogP contribution in [-0.2, 0) is 11.2 Å². The fourth-order valence-electron chi connectivity index (χ4n) is 1.77. The number of aryl methyl sites for hydroxylation is 1. The first-order valence-electron chi connectivity index (χ1n) is 5.99. The molecule has 0 aliphatic carbocycles. The van der Waals surface area contributed by atoms with Gasteiger partial charge in [0.1, 0.15) is 11.6 Å². The fourth-order valence-corrected chi connectivity index (χ4v) is 2.12. The number of rotatable bonds is 3. The molecule has 0 fully saturated rings. The average molecular weight is 338 g/mol. The molecule has 5 heteroatoms. The van der Waals surface area contributed by atoms with E-state index in [2.05, 4.69) is 21.2 Å². The summed E-state index contributed by atoms with van der Waals surface area (Å²) in [5.74, 6) is -0.399. The van der Waals surface area contributed by atoms with Crippen LogP contribution < -0.4 is 5.32 Å². The summed E-state index contributed by atoms with van der Waals surface area (Å²) < 4.78 is 13.6. The predicted molar refractivity (Wildman–Crippen MR) is 79.3 cm³/mol. The molecular weight excluding hydrogens is 325 g/mol. The van der Waals surface area contributed by atoms with E-state index in [9.17, 15) is 14.3 Å². The molecule has 0 aromatic heterocycles. The third-order valence-electron chi connectivity index (χ3n) is 2.84. The molecule has 0 unspecified atom stereocenters. The summed E-state index contributed by atoms with van der Waals surface area (Å²) in [7, 11) is 0. The van der Waals surface area contributed by atoms with Crippen LogP contribution in [0.3, 0.4) is 0 Å². The second kappa shape index (κ2) is 6.05. The minimum absolute atomic E-state index is 0.160. The van der Waals surface area contributed by atoms with Gasteiger partial charge in [0.25, 0.3) is 0 Å². The van der Waals surface area contributed by atoms with Crippen molar-refractivity contribution in [3.8, 4) is 5.75 Å². The smallest absolute Gasteiger partial charge is 0.228 e. The zero-order valence-electron chi connectivity index (χ0n) is 10.8. The van der Waals surface area contributed by atoms with Crippen LogP contribution in [0.4, 0.5) is 10.1 Å². The van der Waals surface area contributed by atoms with Crippen molar-refractivity contribution in [2.75, 3.05) is 5.32 Å². The summed E-state index contributed by atoms with van der Waals surface area (Å²) in [5, 5.41) is 11.9. The zero-order chi connectivity index (χ0) is 14.7. The summed E-state index contributed by atoms with van der Waals surface area (Å²) in [6.45, 7) is 1.73. The van der Waals surface area contributed by atoms with E-state index in [4.69, 9.17) is 0 Å². The van der Waals surface area contributed by atoms with Crippen LogP contribution in [0.15, 0.2) is 40.9 Å². The molecule has 2 aromatic carbocycles. The number of phenolic OH excluding ortho intramolecular Hbond substituents is 1. The van der Waals surface area contributed by atoms with E-state index in [-0.39, 0.29) is 23.9 Å². The van der Waals surface area contributed by atoms with E-state index in [0.717, 1.165) is 5.56 Å². The molecule has 0 spiro atoms. The highest BCUT2D eigenvalue weighted by Crippen LogP contribution is 2.24. The first-order valence-corrected chi connectivity index (χ1v) is 6.78. The lowest BCUT2D eigenvalue weighted by Gasteiger charge is -2.09. The van der Waals surface area contributed by atoms with E-state index in [1.54, 1.807) is 25.1 Å². The molecule has 0 aliphatic rings. The van der Waals surface area contributed by atoms with Gasteiger partial charge in [-0.25, -0.2) is 4.39 Å². The van der Waals surface area contributed by atoms with Crippen molar-refractivity contribution in [2.24, 2.45) is 0 Å². The predicted octanol–water partition coefficient (Wildman–Crippen LogP) is 3.78. The van der Waals surface area contributed by atoms with Crippen molar-refractivity contribution >= 4 is 27.5 Å². The largest absolute Gasteiger partial charge is 0.508 e. The molecule has 0 saturated heterocycles. The molecule has 2 rings (SSSR count). The van der Waals surface area contributed by atoms with E-state index in [1.807, 2.05) is 0 Å². The maximum Gasteiger partial charge on any atom is 0.228 e. The Labute approximate surface area is 124 Å². The topological polar surface area (TPSA) is 49.3 Å². The highest BCUT2D eigenvalue weighted by atomic mass is 79.9. The number of nitrogens with one attached hydrogen (secondary N) is 1. The number of aromatic hydroxyl groups is 1. The SMILES string of the molecule is Cc1cc(F)c(Br)cc1NC(=O)Cc1ccc(O)cc1. The van der Waals surface area contributed by atoms with Gasteiger partial charge in [0, 0.05) is 5.69 Å². The van der Waals surface area contributed by atoms with Gasteiger partial charge in [-0.05, 0) is 58.2 Å². The summed E-state index contributed by atoms with van der Waals surface area (Å²) in [6, 6.07) is 9.33. The average Bonchev–Trinajstić information content (AvgIpc) is 2.39. The normalized spacial score (nSPS) is 10.3. The van der Waals surface area contributed by atoms with E-state index in [0.29, 0.717) is 15.7 Å². The number of phenols is 1. The Bertz CT molecular complexity index is 641. The molecule has 104 valence electrons. The molecule has 20 heavy (non-hydrogen) atoms. The van der Waals surface area contributed by atoms with Crippen molar-refractivity contribution in [1.82, 2.24) is 0 Å². The Balaban J connectivity index is 2.08. The Kier molecular flexibility index (Phi) is 4.39. The van der Waals surface area contributed by atoms with E-state index < -0.39 is 0 Å². The number of hydrogen-bond acceptors (Lipinski definition) is 2. The number of halogens is 2. The Morgan fingerprint density at radius 3 is 2.60 bits per heavy atom. The molecule has 1 amide bonds. The standard InChI is InChI=1S/C15H13BrFNO2/c1-9-6-13(17)12(16)8-14(9)18-15(20)7-10-2-4-11(19)5-3-10/h2-6,8,19H,7H2,1H3,(H,18,20). The zero-order valence-corrected chi connectivity index (χ0v) is 12.4. The summed E-state index contributed by atoms with van der Waals surface area (Å²) in [5.41, 5.74) is 2.02. The molecule has 0 radical (unpaired) electrons. The van der Waals surface area contributed by atoms with Crippen LogP contribution >= 0.6 is 15.9 Å². The lowest BCUT2D eigenvalue weighted by atomic mass is 10.1. The van der Waals surface area contributed by atoms with Crippen molar-refractivity contribution in [1.29, 1.82) is 0 Å². The maximum absolute atomic E-state index is 13.3. The van der Waals surface area contributed by atoms with Gasteiger partial charge in [-0.2, -0.15) is 0 Å². The Morgan fingerprint density at radius 1 is 1.30 bits per heavy atom. The van der Waals surface area contributed by atoms with Crippen molar-refractivity contribution in [3.05, 3.63) is 57.8 Å². The van der Waals surface area contributed by atoms with Crippen LogP contribution in [0.1, 0.15) is 11.1 Å². The van der Waals surface area contributed by atoms with Gasteiger partial charge >= 0.3 is 0 Å². The molecule has 0 bridgehead atoms. The molecule has 0 aliphatic heterocycles. The van der Waals surface area contributed by atoms with Gasteiger partial charge in [0.15, 0.2) is 0 Å². The second-order valence-electron chi connectivity index (χ2n) is 4.47. The number of carbonyl (C=O) groups excluding carboxylic acids is 1. The quantitative estimate of drug-likeness (QED) is 0.895. The number of anilines is 1. The molecule has 0 saturated carbocycles. The number of amides is 1. The van der Waals surface area contributed by atoms with Gasteiger partial charge in [-0.3, -0.25) is 4.79 Å². The first-order chi connectivity index (χ1) is 9.45. The van der Waals surface area contributed by atoms with Gasteiger partial charge in [-0.1, -0.05) is 12.1 Å². The van der Waals surface area contributed by atoms with Crippen molar-refractivity contribution in [2.45, 2.75) is 13.3 Å². The number of benzene rings is 2. The van der Waals surface area contributed by atoms with Crippen molar-refractivity contribution in [3.63, 3.8) is 0 Å². The third kappa shape index (κ3) is 3.57. The Hall–Kier alpha value is -1.88. The second-order valence-corrected chi connectivity index (χ2v) is 5.33. The molecular formula is C15H13BrFNO2. The lowest BCUT2D eigenvalue weighted by molar-refractivity contribution is -0.115. The van der Waals surface area contributed by atoms with Crippen LogP contribution in [0.2, 0.25) is 0 Å². The molecule has 2 aromatic rings. The molecule has 3 nitrogen and oxygen atoms in total. The molecule has 0 atom stereocenters. The monoisotopic (exact) mass is 337 g/mol. The minimum Gasteiger partial charge on any atom is -0.508 e.